The van der Waals surface area contributed by atoms with E-state index in [9.17, 15) is 13.2 Å². The third kappa shape index (κ3) is 4.22. The van der Waals surface area contributed by atoms with Gasteiger partial charge in [-0.2, -0.15) is 18.3 Å². The first-order valence-corrected chi connectivity index (χ1v) is 6.55. The predicted octanol–water partition coefficient (Wildman–Crippen LogP) is 3.27. The number of nitrogens with one attached hydrogen (secondary N) is 1. The number of rotatable bonds is 2. The molecule has 126 valence electrons. The number of aromatic amines is 1. The molecule has 0 radical (unpaired) electrons. The van der Waals surface area contributed by atoms with Crippen molar-refractivity contribution in [1.29, 1.82) is 0 Å². The Morgan fingerprint density at radius 1 is 1.21 bits per heavy atom. The van der Waals surface area contributed by atoms with Crippen LogP contribution >= 0.6 is 0 Å². The number of carboxylic acids is 1. The van der Waals surface area contributed by atoms with Crippen LogP contribution in [-0.4, -0.2) is 39.5 Å². The topological polar surface area (TPSA) is 88.1 Å². The number of halogens is 3. The van der Waals surface area contributed by atoms with Crippen molar-refractivity contribution in [2.45, 2.75) is 6.18 Å². The van der Waals surface area contributed by atoms with Crippen molar-refractivity contribution in [3.05, 3.63) is 42.7 Å². The van der Waals surface area contributed by atoms with E-state index in [1.807, 2.05) is 24.4 Å². The number of H-pyrrole nitrogens is 1. The van der Waals surface area contributed by atoms with Gasteiger partial charge in [-0.1, -0.05) is 6.07 Å². The summed E-state index contributed by atoms with van der Waals surface area (Å²) in [5.41, 5.74) is 3.24. The fourth-order valence-corrected chi connectivity index (χ4v) is 1.82. The van der Waals surface area contributed by atoms with Gasteiger partial charge < -0.3 is 9.84 Å². The molecule has 24 heavy (non-hydrogen) atoms. The van der Waals surface area contributed by atoms with Crippen LogP contribution in [0.5, 0.6) is 5.88 Å². The van der Waals surface area contributed by atoms with Gasteiger partial charge >= 0.3 is 12.1 Å². The first-order chi connectivity index (χ1) is 11.3. The van der Waals surface area contributed by atoms with Gasteiger partial charge in [0.2, 0.25) is 5.88 Å². The highest BCUT2D eigenvalue weighted by Crippen LogP contribution is 2.25. The molecule has 2 heterocycles. The van der Waals surface area contributed by atoms with Crippen molar-refractivity contribution in [2.75, 3.05) is 7.11 Å². The average molecular weight is 339 g/mol. The van der Waals surface area contributed by atoms with E-state index in [1.165, 1.54) is 0 Å². The number of methoxy groups -OCH3 is 1. The Kier molecular flexibility index (Phi) is 5.02. The van der Waals surface area contributed by atoms with Crippen molar-refractivity contribution in [3.63, 3.8) is 0 Å². The molecule has 2 aromatic heterocycles. The second kappa shape index (κ2) is 6.99. The summed E-state index contributed by atoms with van der Waals surface area (Å²) in [6.45, 7) is 0. The molecule has 0 aliphatic rings. The maximum absolute atomic E-state index is 10.6. The number of aliphatic carboxylic acids is 1. The fourth-order valence-electron chi connectivity index (χ4n) is 1.82. The number of aromatic nitrogens is 3. The lowest BCUT2D eigenvalue weighted by Crippen LogP contribution is -2.21. The maximum Gasteiger partial charge on any atom is 0.490 e. The van der Waals surface area contributed by atoms with E-state index >= 15 is 0 Å². The summed E-state index contributed by atoms with van der Waals surface area (Å²) in [4.78, 5) is 13.0. The molecule has 0 bridgehead atoms. The largest absolute Gasteiger partial charge is 0.490 e. The third-order valence-corrected chi connectivity index (χ3v) is 2.96. The highest BCUT2D eigenvalue weighted by molar-refractivity contribution is 5.84. The number of carbonyl (C=O) groups is 1. The van der Waals surface area contributed by atoms with E-state index in [1.54, 1.807) is 13.3 Å². The average Bonchev–Trinajstić information content (AvgIpc) is 3.02. The zero-order chi connectivity index (χ0) is 17.7. The molecule has 0 spiro atoms. The van der Waals surface area contributed by atoms with Crippen LogP contribution in [0.1, 0.15) is 0 Å². The van der Waals surface area contributed by atoms with E-state index in [0.29, 0.717) is 5.88 Å². The van der Waals surface area contributed by atoms with Gasteiger partial charge in [0, 0.05) is 17.6 Å². The number of alkyl halides is 3. The summed E-state index contributed by atoms with van der Waals surface area (Å²) >= 11 is 0. The third-order valence-electron chi connectivity index (χ3n) is 2.96. The summed E-state index contributed by atoms with van der Waals surface area (Å²) in [5, 5.41) is 15.2. The Balaban J connectivity index is 0.000000256. The quantitative estimate of drug-likeness (QED) is 0.748. The Labute approximate surface area is 133 Å². The van der Waals surface area contributed by atoms with Crippen LogP contribution in [0.2, 0.25) is 0 Å². The van der Waals surface area contributed by atoms with Gasteiger partial charge in [0.15, 0.2) is 0 Å². The fraction of sp³-hybridized carbons (Fsp3) is 0.133. The molecule has 0 unspecified atom stereocenters. The summed E-state index contributed by atoms with van der Waals surface area (Å²) in [5.74, 6) is -2.14. The van der Waals surface area contributed by atoms with E-state index in [4.69, 9.17) is 14.6 Å². The molecule has 0 aliphatic heterocycles. The lowest BCUT2D eigenvalue weighted by atomic mass is 10.1. The van der Waals surface area contributed by atoms with E-state index in [0.717, 1.165) is 22.0 Å². The number of benzene rings is 1. The van der Waals surface area contributed by atoms with Crippen molar-refractivity contribution < 1.29 is 27.8 Å². The number of hydrogen-bond acceptors (Lipinski definition) is 4. The van der Waals surface area contributed by atoms with Gasteiger partial charge in [0.05, 0.1) is 18.8 Å². The summed E-state index contributed by atoms with van der Waals surface area (Å²) in [6.07, 6.45) is -1.52. The molecule has 3 aromatic rings. The Morgan fingerprint density at radius 3 is 2.50 bits per heavy atom. The molecule has 0 saturated heterocycles. The highest BCUT2D eigenvalue weighted by Gasteiger charge is 2.38. The van der Waals surface area contributed by atoms with Crippen molar-refractivity contribution in [2.24, 2.45) is 0 Å². The van der Waals surface area contributed by atoms with Crippen LogP contribution in [0.3, 0.4) is 0 Å². The van der Waals surface area contributed by atoms with Gasteiger partial charge in [-0.3, -0.25) is 5.10 Å². The van der Waals surface area contributed by atoms with E-state index in [2.05, 4.69) is 27.3 Å². The minimum atomic E-state index is -5.08. The Bertz CT molecular complexity index is 846. The number of fused-ring (bicyclic) bond motifs is 1. The molecule has 1 aromatic carbocycles. The summed E-state index contributed by atoms with van der Waals surface area (Å²) in [6, 6.07) is 10.0. The first kappa shape index (κ1) is 17.3. The van der Waals surface area contributed by atoms with E-state index in [-0.39, 0.29) is 0 Å². The molecule has 9 heteroatoms. The zero-order valence-electron chi connectivity index (χ0n) is 12.3. The second-order valence-electron chi connectivity index (χ2n) is 4.56. The lowest BCUT2D eigenvalue weighted by Gasteiger charge is -2.03. The highest BCUT2D eigenvalue weighted by atomic mass is 19.4. The standard InChI is InChI=1S/C13H11N3O.C2HF3O2/c1-17-13-7-10(4-5-14-13)9-2-3-12-11(6-9)8-15-16-12;3-2(4,5)1(6)7/h2-8H,1H3,(H,15,16);(H,6,7). The van der Waals surface area contributed by atoms with Crippen LogP contribution in [-0.2, 0) is 4.79 Å². The Hall–Kier alpha value is -3.10. The number of carboxylic acid groups (broad SMARTS) is 1. The SMILES string of the molecule is COc1cc(-c2ccc3[nH]ncc3c2)ccn1.O=C(O)C(F)(F)F. The monoisotopic (exact) mass is 339 g/mol. The van der Waals surface area contributed by atoms with Crippen LogP contribution in [0.15, 0.2) is 42.7 Å². The van der Waals surface area contributed by atoms with Gasteiger partial charge in [-0.05, 0) is 29.3 Å². The number of hydrogen-bond donors (Lipinski definition) is 2. The van der Waals surface area contributed by atoms with Gasteiger partial charge in [-0.25, -0.2) is 9.78 Å². The van der Waals surface area contributed by atoms with Crippen molar-refractivity contribution >= 4 is 16.9 Å². The molecule has 3 rings (SSSR count). The second-order valence-corrected chi connectivity index (χ2v) is 4.56. The lowest BCUT2D eigenvalue weighted by molar-refractivity contribution is -0.192. The summed E-state index contributed by atoms with van der Waals surface area (Å²) < 4.78 is 36.9. The predicted molar refractivity (Wildman–Crippen MR) is 79.6 cm³/mol. The number of nitrogens with zero attached hydrogens (tertiary/aromatic N) is 2. The molecule has 2 N–H and O–H groups in total. The van der Waals surface area contributed by atoms with Gasteiger partial charge in [0.25, 0.3) is 0 Å². The molecule has 6 nitrogen and oxygen atoms in total. The number of ether oxygens (including phenoxy) is 1. The van der Waals surface area contributed by atoms with Crippen LogP contribution in [0.25, 0.3) is 22.0 Å². The maximum atomic E-state index is 10.6. The van der Waals surface area contributed by atoms with Crippen molar-refractivity contribution in [1.82, 2.24) is 15.2 Å². The minimum absolute atomic E-state index is 0.620. The normalized spacial score (nSPS) is 10.8. The summed E-state index contributed by atoms with van der Waals surface area (Å²) in [7, 11) is 1.62. The van der Waals surface area contributed by atoms with Crippen molar-refractivity contribution in [3.8, 4) is 17.0 Å². The molecular formula is C15H12F3N3O3. The van der Waals surface area contributed by atoms with Gasteiger partial charge in [-0.15, -0.1) is 0 Å². The molecule has 0 aliphatic carbocycles. The molecule has 0 amide bonds. The molecule has 0 saturated carbocycles. The van der Waals surface area contributed by atoms with Crippen LogP contribution < -0.4 is 4.74 Å². The molecular weight excluding hydrogens is 327 g/mol. The zero-order valence-corrected chi connectivity index (χ0v) is 12.3. The van der Waals surface area contributed by atoms with E-state index < -0.39 is 12.1 Å². The number of pyridine rings is 1. The smallest absolute Gasteiger partial charge is 0.481 e. The minimum Gasteiger partial charge on any atom is -0.481 e. The Morgan fingerprint density at radius 2 is 1.88 bits per heavy atom. The van der Waals surface area contributed by atoms with Crippen LogP contribution in [0.4, 0.5) is 13.2 Å². The van der Waals surface area contributed by atoms with Crippen LogP contribution in [0, 0.1) is 0 Å². The molecule has 0 atom stereocenters. The first-order valence-electron chi connectivity index (χ1n) is 6.55. The molecule has 0 fully saturated rings. The van der Waals surface area contributed by atoms with Gasteiger partial charge in [0.1, 0.15) is 0 Å².